The second-order valence-corrected chi connectivity index (χ2v) is 6.43. The molecule has 1 fully saturated rings. The number of nitrogens with zero attached hydrogens (tertiary/aromatic N) is 3. The van der Waals surface area contributed by atoms with Crippen molar-refractivity contribution in [2.75, 3.05) is 19.7 Å². The van der Waals surface area contributed by atoms with Crippen molar-refractivity contribution in [2.24, 2.45) is 0 Å². The maximum atomic E-state index is 12.5. The SMILES string of the molecule is CCOC1CCN(S(=O)(=O)c2cccnc2C#N)CC1. The first-order valence-electron chi connectivity index (χ1n) is 6.56. The highest BCUT2D eigenvalue weighted by Gasteiger charge is 2.31. The molecule has 6 nitrogen and oxygen atoms in total. The van der Waals surface area contributed by atoms with Gasteiger partial charge in [-0.25, -0.2) is 13.4 Å². The zero-order chi connectivity index (χ0) is 14.6. The molecule has 2 heterocycles. The Morgan fingerprint density at radius 2 is 2.20 bits per heavy atom. The topological polar surface area (TPSA) is 83.3 Å². The molecule has 7 heteroatoms. The molecular formula is C13H17N3O3S. The van der Waals surface area contributed by atoms with E-state index in [2.05, 4.69) is 4.98 Å². The second-order valence-electron chi connectivity index (χ2n) is 4.52. The van der Waals surface area contributed by atoms with Crippen molar-refractivity contribution in [2.45, 2.75) is 30.8 Å². The lowest BCUT2D eigenvalue weighted by atomic mass is 10.1. The van der Waals surface area contributed by atoms with Crippen LogP contribution in [0.4, 0.5) is 0 Å². The van der Waals surface area contributed by atoms with Gasteiger partial charge in [-0.1, -0.05) is 0 Å². The van der Waals surface area contributed by atoms with Crippen LogP contribution in [0, 0.1) is 11.3 Å². The van der Waals surface area contributed by atoms with Gasteiger partial charge >= 0.3 is 0 Å². The molecule has 0 amide bonds. The van der Waals surface area contributed by atoms with E-state index in [-0.39, 0.29) is 16.7 Å². The van der Waals surface area contributed by atoms with Gasteiger partial charge in [-0.3, -0.25) is 0 Å². The van der Waals surface area contributed by atoms with Crippen molar-refractivity contribution in [3.05, 3.63) is 24.0 Å². The third kappa shape index (κ3) is 2.98. The maximum Gasteiger partial charge on any atom is 0.245 e. The van der Waals surface area contributed by atoms with E-state index < -0.39 is 10.0 Å². The monoisotopic (exact) mass is 295 g/mol. The number of ether oxygens (including phenoxy) is 1. The first-order chi connectivity index (χ1) is 9.59. The summed E-state index contributed by atoms with van der Waals surface area (Å²) in [5.41, 5.74) is -0.0561. The molecule has 20 heavy (non-hydrogen) atoms. The molecule has 0 unspecified atom stereocenters. The fourth-order valence-electron chi connectivity index (χ4n) is 2.30. The third-order valence-corrected chi connectivity index (χ3v) is 5.23. The summed E-state index contributed by atoms with van der Waals surface area (Å²) in [6.07, 6.45) is 2.89. The van der Waals surface area contributed by atoms with Crippen molar-refractivity contribution in [3.63, 3.8) is 0 Å². The molecule has 0 N–H and O–H groups in total. The Hall–Kier alpha value is -1.49. The van der Waals surface area contributed by atoms with E-state index in [0.717, 1.165) is 0 Å². The minimum Gasteiger partial charge on any atom is -0.378 e. The van der Waals surface area contributed by atoms with Crippen molar-refractivity contribution in [3.8, 4) is 6.07 Å². The van der Waals surface area contributed by atoms with Gasteiger partial charge in [-0.2, -0.15) is 9.57 Å². The molecule has 1 aromatic rings. The quantitative estimate of drug-likeness (QED) is 0.832. The van der Waals surface area contributed by atoms with E-state index in [1.807, 2.05) is 13.0 Å². The van der Waals surface area contributed by atoms with Gasteiger partial charge in [0.1, 0.15) is 11.0 Å². The van der Waals surface area contributed by atoms with E-state index in [9.17, 15) is 8.42 Å². The van der Waals surface area contributed by atoms with Crippen LogP contribution in [0.1, 0.15) is 25.5 Å². The molecule has 0 atom stereocenters. The predicted octanol–water partition coefficient (Wildman–Crippen LogP) is 1.14. The molecule has 0 spiro atoms. The van der Waals surface area contributed by atoms with Crippen LogP contribution in [0.5, 0.6) is 0 Å². The summed E-state index contributed by atoms with van der Waals surface area (Å²) < 4.78 is 32.0. The van der Waals surface area contributed by atoms with Gasteiger partial charge in [0.2, 0.25) is 10.0 Å². The van der Waals surface area contributed by atoms with Gasteiger partial charge < -0.3 is 4.74 Å². The number of hydrogen-bond acceptors (Lipinski definition) is 5. The smallest absolute Gasteiger partial charge is 0.245 e. The van der Waals surface area contributed by atoms with E-state index in [1.54, 1.807) is 0 Å². The summed E-state index contributed by atoms with van der Waals surface area (Å²) in [5.74, 6) is 0. The van der Waals surface area contributed by atoms with Gasteiger partial charge in [0, 0.05) is 25.9 Å². The van der Waals surface area contributed by atoms with Crippen LogP contribution in [0.15, 0.2) is 23.2 Å². The normalized spacial score (nSPS) is 17.8. The van der Waals surface area contributed by atoms with Crippen LogP contribution in [0.3, 0.4) is 0 Å². The molecule has 0 aliphatic carbocycles. The molecule has 1 aliphatic rings. The molecule has 1 aromatic heterocycles. The van der Waals surface area contributed by atoms with Crippen LogP contribution in [0.2, 0.25) is 0 Å². The minimum atomic E-state index is -3.65. The maximum absolute atomic E-state index is 12.5. The molecule has 0 aromatic carbocycles. The third-order valence-electron chi connectivity index (χ3n) is 3.30. The zero-order valence-corrected chi connectivity index (χ0v) is 12.1. The summed E-state index contributed by atoms with van der Waals surface area (Å²) in [5, 5.41) is 8.98. The fraction of sp³-hybridized carbons (Fsp3) is 0.538. The molecule has 0 bridgehead atoms. The van der Waals surface area contributed by atoms with Gasteiger partial charge in [-0.15, -0.1) is 0 Å². The standard InChI is InChI=1S/C13H17N3O3S/c1-2-19-11-5-8-16(9-6-11)20(17,18)13-4-3-7-15-12(13)10-14/h3-4,7,11H,2,5-6,8-9H2,1H3. The highest BCUT2D eigenvalue weighted by Crippen LogP contribution is 2.23. The first-order valence-corrected chi connectivity index (χ1v) is 8.00. The van der Waals surface area contributed by atoms with Crippen LogP contribution in [-0.4, -0.2) is 43.5 Å². The van der Waals surface area contributed by atoms with Gasteiger partial charge in [0.15, 0.2) is 5.69 Å². The van der Waals surface area contributed by atoms with Crippen molar-refractivity contribution < 1.29 is 13.2 Å². The van der Waals surface area contributed by atoms with Gasteiger partial charge in [-0.05, 0) is 31.9 Å². The van der Waals surface area contributed by atoms with E-state index in [1.165, 1.54) is 22.6 Å². The van der Waals surface area contributed by atoms with E-state index >= 15 is 0 Å². The Morgan fingerprint density at radius 3 is 2.80 bits per heavy atom. The molecular weight excluding hydrogens is 278 g/mol. The van der Waals surface area contributed by atoms with Crippen LogP contribution >= 0.6 is 0 Å². The Balaban J connectivity index is 2.18. The zero-order valence-electron chi connectivity index (χ0n) is 11.3. The number of aromatic nitrogens is 1. The van der Waals surface area contributed by atoms with Crippen molar-refractivity contribution in [1.29, 1.82) is 5.26 Å². The summed E-state index contributed by atoms with van der Waals surface area (Å²) in [4.78, 5) is 3.79. The van der Waals surface area contributed by atoms with E-state index in [0.29, 0.717) is 32.5 Å². The summed E-state index contributed by atoms with van der Waals surface area (Å²) >= 11 is 0. The molecule has 108 valence electrons. The Morgan fingerprint density at radius 1 is 1.50 bits per heavy atom. The average molecular weight is 295 g/mol. The number of hydrogen-bond donors (Lipinski definition) is 0. The highest BCUT2D eigenvalue weighted by atomic mass is 32.2. The number of piperidine rings is 1. The lowest BCUT2D eigenvalue weighted by molar-refractivity contribution is 0.0290. The largest absolute Gasteiger partial charge is 0.378 e. The Bertz CT molecular complexity index is 602. The molecule has 1 saturated heterocycles. The average Bonchev–Trinajstić information content (AvgIpc) is 2.48. The lowest BCUT2D eigenvalue weighted by Gasteiger charge is -2.30. The number of sulfonamides is 1. The number of pyridine rings is 1. The Labute approximate surface area is 119 Å². The second kappa shape index (κ2) is 6.31. The predicted molar refractivity (Wildman–Crippen MR) is 72.4 cm³/mol. The number of rotatable bonds is 4. The molecule has 1 aliphatic heterocycles. The highest BCUT2D eigenvalue weighted by molar-refractivity contribution is 7.89. The molecule has 2 rings (SSSR count). The Kier molecular flexibility index (Phi) is 4.70. The summed E-state index contributed by atoms with van der Waals surface area (Å²) in [6.45, 7) is 3.38. The number of nitriles is 1. The summed E-state index contributed by atoms with van der Waals surface area (Å²) in [6, 6.07) is 4.78. The van der Waals surface area contributed by atoms with Crippen LogP contribution in [0.25, 0.3) is 0 Å². The van der Waals surface area contributed by atoms with Crippen LogP contribution < -0.4 is 0 Å². The van der Waals surface area contributed by atoms with Crippen molar-refractivity contribution in [1.82, 2.24) is 9.29 Å². The fourth-order valence-corrected chi connectivity index (χ4v) is 3.86. The van der Waals surface area contributed by atoms with Crippen LogP contribution in [-0.2, 0) is 14.8 Å². The van der Waals surface area contributed by atoms with Gasteiger partial charge in [0.05, 0.1) is 6.10 Å². The van der Waals surface area contributed by atoms with Gasteiger partial charge in [0.25, 0.3) is 0 Å². The van der Waals surface area contributed by atoms with E-state index in [4.69, 9.17) is 10.00 Å². The molecule has 0 saturated carbocycles. The molecule has 0 radical (unpaired) electrons. The minimum absolute atomic E-state index is 0.0163. The first kappa shape index (κ1) is 14.9. The lowest BCUT2D eigenvalue weighted by Crippen LogP contribution is -2.41. The van der Waals surface area contributed by atoms with Crippen molar-refractivity contribution >= 4 is 10.0 Å². The summed E-state index contributed by atoms with van der Waals surface area (Å²) in [7, 11) is -3.65.